The van der Waals surface area contributed by atoms with Gasteiger partial charge in [-0.05, 0) is 36.7 Å². The van der Waals surface area contributed by atoms with Gasteiger partial charge in [0.1, 0.15) is 5.76 Å². The third-order valence-electron chi connectivity index (χ3n) is 3.82. The third-order valence-corrected chi connectivity index (χ3v) is 4.70. The summed E-state index contributed by atoms with van der Waals surface area (Å²) >= 11 is 1.74. The smallest absolute Gasteiger partial charge is 0.191 e. The van der Waals surface area contributed by atoms with Gasteiger partial charge in [-0.1, -0.05) is 19.9 Å². The van der Waals surface area contributed by atoms with Gasteiger partial charge in [0.25, 0.3) is 0 Å². The van der Waals surface area contributed by atoms with Crippen LogP contribution < -0.4 is 10.6 Å². The fourth-order valence-electron chi connectivity index (χ4n) is 2.55. The van der Waals surface area contributed by atoms with Crippen molar-refractivity contribution in [3.05, 3.63) is 46.5 Å². The Hall–Kier alpha value is -1.79. The van der Waals surface area contributed by atoms with Crippen molar-refractivity contribution >= 4 is 17.3 Å². The van der Waals surface area contributed by atoms with Gasteiger partial charge in [-0.15, -0.1) is 11.3 Å². The van der Waals surface area contributed by atoms with E-state index in [0.29, 0.717) is 0 Å². The quantitative estimate of drug-likeness (QED) is 0.575. The molecule has 126 valence electrons. The van der Waals surface area contributed by atoms with Crippen LogP contribution in [0.5, 0.6) is 0 Å². The summed E-state index contributed by atoms with van der Waals surface area (Å²) in [7, 11) is 1.79. The summed E-state index contributed by atoms with van der Waals surface area (Å²) in [6.45, 7) is 7.83. The molecule has 0 aliphatic rings. The third kappa shape index (κ3) is 5.11. The van der Waals surface area contributed by atoms with Crippen LogP contribution in [0.3, 0.4) is 0 Å². The van der Waals surface area contributed by atoms with Crippen LogP contribution in [0, 0.1) is 0 Å². The van der Waals surface area contributed by atoms with E-state index in [1.807, 2.05) is 12.1 Å². The lowest BCUT2D eigenvalue weighted by Crippen LogP contribution is -2.42. The minimum Gasteiger partial charge on any atom is -0.468 e. The molecule has 2 heterocycles. The van der Waals surface area contributed by atoms with Crippen LogP contribution in [0.4, 0.5) is 0 Å². The highest BCUT2D eigenvalue weighted by Crippen LogP contribution is 2.20. The lowest BCUT2D eigenvalue weighted by Gasteiger charge is -2.28. The summed E-state index contributed by atoms with van der Waals surface area (Å²) in [4.78, 5) is 7.97. The number of rotatable bonds is 8. The highest BCUT2D eigenvalue weighted by Gasteiger charge is 2.20. The Morgan fingerprint density at radius 2 is 2.09 bits per heavy atom. The summed E-state index contributed by atoms with van der Waals surface area (Å²) in [5, 5.41) is 8.84. The van der Waals surface area contributed by atoms with Crippen molar-refractivity contribution in [2.24, 2.45) is 4.99 Å². The number of hydrogen-bond acceptors (Lipinski definition) is 4. The number of nitrogens with zero attached hydrogens (tertiary/aromatic N) is 2. The fraction of sp³-hybridized carbons (Fsp3) is 0.471. The van der Waals surface area contributed by atoms with E-state index in [1.165, 1.54) is 4.88 Å². The second-order valence-corrected chi connectivity index (χ2v) is 6.17. The average Bonchev–Trinajstić information content (AvgIpc) is 3.27. The molecule has 0 saturated carbocycles. The number of guanidine groups is 1. The second kappa shape index (κ2) is 9.37. The number of furan rings is 1. The van der Waals surface area contributed by atoms with Gasteiger partial charge in [0.15, 0.2) is 5.96 Å². The molecule has 2 aromatic heterocycles. The minimum absolute atomic E-state index is 0.195. The van der Waals surface area contributed by atoms with Crippen LogP contribution >= 0.6 is 11.3 Å². The van der Waals surface area contributed by atoms with E-state index in [1.54, 1.807) is 24.6 Å². The number of aliphatic imine (C=N–C) groups is 1. The van der Waals surface area contributed by atoms with E-state index in [0.717, 1.165) is 37.9 Å². The van der Waals surface area contributed by atoms with Crippen LogP contribution in [-0.2, 0) is 6.54 Å². The van der Waals surface area contributed by atoms with E-state index in [2.05, 4.69) is 51.9 Å². The van der Waals surface area contributed by atoms with Crippen molar-refractivity contribution in [3.63, 3.8) is 0 Å². The molecule has 0 aromatic carbocycles. The number of nitrogens with one attached hydrogen (secondary N) is 2. The Balaban J connectivity index is 1.93. The first-order valence-electron chi connectivity index (χ1n) is 8.02. The molecular weight excluding hydrogens is 308 g/mol. The molecule has 23 heavy (non-hydrogen) atoms. The van der Waals surface area contributed by atoms with Gasteiger partial charge in [-0.2, -0.15) is 0 Å². The Bertz CT molecular complexity index is 561. The van der Waals surface area contributed by atoms with Crippen molar-refractivity contribution in [2.45, 2.75) is 26.4 Å². The maximum absolute atomic E-state index is 5.62. The summed E-state index contributed by atoms with van der Waals surface area (Å²) in [5.41, 5.74) is 0. The monoisotopic (exact) mass is 334 g/mol. The number of likely N-dealkylation sites (N-methyl/N-ethyl adjacent to an activating group) is 1. The fourth-order valence-corrected chi connectivity index (χ4v) is 3.20. The van der Waals surface area contributed by atoms with Crippen molar-refractivity contribution in [1.82, 2.24) is 15.5 Å². The van der Waals surface area contributed by atoms with Crippen LogP contribution in [0.15, 0.2) is 45.3 Å². The molecule has 0 amide bonds. The highest BCUT2D eigenvalue weighted by atomic mass is 32.1. The average molecular weight is 334 g/mol. The zero-order valence-corrected chi connectivity index (χ0v) is 14.9. The lowest BCUT2D eigenvalue weighted by molar-refractivity contribution is 0.193. The Kier molecular flexibility index (Phi) is 7.16. The molecule has 0 aliphatic carbocycles. The molecule has 1 unspecified atom stereocenters. The molecular formula is C17H26N4OS. The van der Waals surface area contributed by atoms with Crippen molar-refractivity contribution in [3.8, 4) is 0 Å². The predicted octanol–water partition coefficient (Wildman–Crippen LogP) is 3.09. The van der Waals surface area contributed by atoms with E-state index >= 15 is 0 Å². The van der Waals surface area contributed by atoms with Gasteiger partial charge < -0.3 is 15.1 Å². The van der Waals surface area contributed by atoms with Crippen LogP contribution in [0.1, 0.15) is 30.5 Å². The van der Waals surface area contributed by atoms with Gasteiger partial charge in [-0.3, -0.25) is 9.89 Å². The van der Waals surface area contributed by atoms with E-state index in [-0.39, 0.29) is 6.04 Å². The van der Waals surface area contributed by atoms with Crippen molar-refractivity contribution in [2.75, 3.05) is 26.7 Å². The van der Waals surface area contributed by atoms with Gasteiger partial charge in [0.05, 0.1) is 18.8 Å². The summed E-state index contributed by atoms with van der Waals surface area (Å²) in [6, 6.07) is 8.35. The molecule has 0 spiro atoms. The normalized spacial score (nSPS) is 13.3. The topological polar surface area (TPSA) is 52.8 Å². The lowest BCUT2D eigenvalue weighted by atomic mass is 10.2. The molecule has 2 aromatic rings. The van der Waals surface area contributed by atoms with Crippen LogP contribution in [0.2, 0.25) is 0 Å². The van der Waals surface area contributed by atoms with E-state index in [4.69, 9.17) is 4.42 Å². The molecule has 1 atom stereocenters. The zero-order valence-electron chi connectivity index (χ0n) is 14.1. The van der Waals surface area contributed by atoms with Gasteiger partial charge >= 0.3 is 0 Å². The largest absolute Gasteiger partial charge is 0.468 e. The first-order chi connectivity index (χ1) is 11.3. The predicted molar refractivity (Wildman–Crippen MR) is 96.9 cm³/mol. The van der Waals surface area contributed by atoms with E-state index in [9.17, 15) is 0 Å². The first kappa shape index (κ1) is 17.6. The summed E-state index contributed by atoms with van der Waals surface area (Å²) in [6.07, 6.45) is 1.73. The molecule has 5 nitrogen and oxygen atoms in total. The van der Waals surface area contributed by atoms with Crippen LogP contribution in [-0.4, -0.2) is 37.5 Å². The van der Waals surface area contributed by atoms with Crippen LogP contribution in [0.25, 0.3) is 0 Å². The zero-order chi connectivity index (χ0) is 16.5. The molecule has 2 N–H and O–H groups in total. The Morgan fingerprint density at radius 3 is 2.65 bits per heavy atom. The van der Waals surface area contributed by atoms with Crippen molar-refractivity contribution in [1.29, 1.82) is 0 Å². The Labute approximate surface area is 142 Å². The maximum Gasteiger partial charge on any atom is 0.191 e. The highest BCUT2D eigenvalue weighted by molar-refractivity contribution is 7.09. The molecule has 0 saturated heterocycles. The standard InChI is InChI=1S/C17H26N4OS/c1-4-21(5-2)15(16-9-6-10-22-16)13-20-17(18-3)19-12-14-8-7-11-23-14/h6-11,15H,4-5,12-13H2,1-3H3,(H2,18,19,20). The first-order valence-corrected chi connectivity index (χ1v) is 8.90. The van der Waals surface area contributed by atoms with Gasteiger partial charge in [0.2, 0.25) is 0 Å². The van der Waals surface area contributed by atoms with Crippen molar-refractivity contribution < 1.29 is 4.42 Å². The number of hydrogen-bond donors (Lipinski definition) is 2. The van der Waals surface area contributed by atoms with Gasteiger partial charge in [0, 0.05) is 18.5 Å². The maximum atomic E-state index is 5.62. The molecule has 0 bridgehead atoms. The van der Waals surface area contributed by atoms with Gasteiger partial charge in [-0.25, -0.2) is 0 Å². The summed E-state index contributed by atoms with van der Waals surface area (Å²) < 4.78 is 5.62. The number of thiophene rings is 1. The minimum atomic E-state index is 0.195. The Morgan fingerprint density at radius 1 is 1.26 bits per heavy atom. The molecule has 2 rings (SSSR count). The summed E-state index contributed by atoms with van der Waals surface area (Å²) in [5.74, 6) is 1.79. The molecule has 0 radical (unpaired) electrons. The molecule has 6 heteroatoms. The molecule has 0 fully saturated rings. The van der Waals surface area contributed by atoms with E-state index < -0.39 is 0 Å². The SMILES string of the molecule is CCN(CC)C(CNC(=NC)NCc1cccs1)c1ccco1. The second-order valence-electron chi connectivity index (χ2n) is 5.14. The molecule has 0 aliphatic heterocycles.